The molecule has 0 radical (unpaired) electrons. The van der Waals surface area contributed by atoms with E-state index >= 15 is 0 Å². The number of amides is 1. The molecule has 0 aliphatic carbocycles. The van der Waals surface area contributed by atoms with Gasteiger partial charge in [0.25, 0.3) is 5.91 Å². The van der Waals surface area contributed by atoms with Crippen LogP contribution in [0.1, 0.15) is 16.1 Å². The van der Waals surface area contributed by atoms with Crippen molar-refractivity contribution in [3.63, 3.8) is 0 Å². The minimum atomic E-state index is -3.69. The van der Waals surface area contributed by atoms with E-state index in [0.29, 0.717) is 13.0 Å². The highest BCUT2D eigenvalue weighted by atomic mass is 35.5. The van der Waals surface area contributed by atoms with E-state index in [1.54, 1.807) is 12.1 Å². The first-order chi connectivity index (χ1) is 10.4. The van der Waals surface area contributed by atoms with Gasteiger partial charge in [-0.05, 0) is 36.2 Å². The number of sulfonamides is 1. The quantitative estimate of drug-likeness (QED) is 0.833. The third kappa shape index (κ3) is 4.48. The Morgan fingerprint density at radius 3 is 2.36 bits per heavy atom. The van der Waals surface area contributed by atoms with Gasteiger partial charge in [-0.15, -0.1) is 10.2 Å². The summed E-state index contributed by atoms with van der Waals surface area (Å²) in [5.41, 5.74) is 1.05. The number of hydrogen-bond acceptors (Lipinski definition) is 5. The van der Waals surface area contributed by atoms with Crippen molar-refractivity contribution in [2.45, 2.75) is 11.3 Å². The van der Waals surface area contributed by atoms with E-state index in [2.05, 4.69) is 15.5 Å². The molecule has 0 atom stereocenters. The summed E-state index contributed by atoms with van der Waals surface area (Å²) in [6, 6.07) is 9.11. The maximum absolute atomic E-state index is 11.8. The summed E-state index contributed by atoms with van der Waals surface area (Å²) in [7, 11) is -3.69. The van der Waals surface area contributed by atoms with E-state index in [1.807, 2.05) is 0 Å². The molecule has 0 unspecified atom stereocenters. The fraction of sp³-hybridized carbons (Fsp3) is 0.154. The van der Waals surface area contributed by atoms with Gasteiger partial charge in [-0.2, -0.15) is 0 Å². The Morgan fingerprint density at radius 2 is 1.82 bits per heavy atom. The van der Waals surface area contributed by atoms with Crippen LogP contribution in [0.15, 0.2) is 41.3 Å². The summed E-state index contributed by atoms with van der Waals surface area (Å²) in [5, 5.41) is 15.2. The predicted molar refractivity (Wildman–Crippen MR) is 80.9 cm³/mol. The first-order valence-electron chi connectivity index (χ1n) is 6.25. The number of primary sulfonamides is 1. The molecule has 22 heavy (non-hydrogen) atoms. The monoisotopic (exact) mass is 340 g/mol. The Bertz CT molecular complexity index is 761. The van der Waals surface area contributed by atoms with E-state index in [0.717, 1.165) is 5.56 Å². The van der Waals surface area contributed by atoms with E-state index in [-0.39, 0.29) is 21.6 Å². The molecule has 1 aromatic heterocycles. The van der Waals surface area contributed by atoms with Gasteiger partial charge in [-0.1, -0.05) is 23.7 Å². The molecular formula is C13H13ClN4O3S. The molecular weight excluding hydrogens is 328 g/mol. The van der Waals surface area contributed by atoms with Crippen LogP contribution in [-0.4, -0.2) is 31.1 Å². The molecule has 0 spiro atoms. The summed E-state index contributed by atoms with van der Waals surface area (Å²) < 4.78 is 22.3. The zero-order valence-corrected chi connectivity index (χ0v) is 12.9. The number of aromatic nitrogens is 2. The van der Waals surface area contributed by atoms with E-state index in [9.17, 15) is 13.2 Å². The number of nitrogens with one attached hydrogen (secondary N) is 1. The molecule has 2 aromatic rings. The smallest absolute Gasteiger partial charge is 0.271 e. The molecule has 7 nitrogen and oxygen atoms in total. The maximum atomic E-state index is 11.8. The maximum Gasteiger partial charge on any atom is 0.271 e. The second-order valence-corrected chi connectivity index (χ2v) is 6.38. The topological polar surface area (TPSA) is 115 Å². The number of nitrogens with zero attached hydrogens (tertiary/aromatic N) is 2. The minimum absolute atomic E-state index is 0.0525. The number of carbonyl (C=O) groups excluding carboxylic acids is 1. The number of halogens is 1. The summed E-state index contributed by atoms with van der Waals surface area (Å²) >= 11 is 5.59. The van der Waals surface area contributed by atoms with Crippen LogP contribution in [0.25, 0.3) is 0 Å². The van der Waals surface area contributed by atoms with Gasteiger partial charge in [0.2, 0.25) is 10.0 Å². The Hall–Kier alpha value is -2.03. The van der Waals surface area contributed by atoms with Crippen LogP contribution >= 0.6 is 11.6 Å². The first-order valence-corrected chi connectivity index (χ1v) is 8.18. The van der Waals surface area contributed by atoms with Crippen molar-refractivity contribution < 1.29 is 13.2 Å². The van der Waals surface area contributed by atoms with Crippen LogP contribution in [0, 0.1) is 0 Å². The van der Waals surface area contributed by atoms with Crippen molar-refractivity contribution in [1.29, 1.82) is 0 Å². The highest BCUT2D eigenvalue weighted by Crippen LogP contribution is 2.09. The third-order valence-corrected chi connectivity index (χ3v) is 3.95. The summed E-state index contributed by atoms with van der Waals surface area (Å²) in [5.74, 6) is -0.356. The van der Waals surface area contributed by atoms with Crippen LogP contribution in [0.3, 0.4) is 0 Å². The third-order valence-electron chi connectivity index (χ3n) is 2.82. The Labute approximate surface area is 132 Å². The van der Waals surface area contributed by atoms with Crippen molar-refractivity contribution in [3.8, 4) is 0 Å². The van der Waals surface area contributed by atoms with Crippen molar-refractivity contribution >= 4 is 27.5 Å². The zero-order valence-electron chi connectivity index (χ0n) is 11.4. The molecule has 0 aliphatic heterocycles. The molecule has 0 aliphatic rings. The molecule has 0 saturated carbocycles. The van der Waals surface area contributed by atoms with Gasteiger partial charge in [0.05, 0.1) is 4.90 Å². The van der Waals surface area contributed by atoms with Crippen molar-refractivity contribution in [1.82, 2.24) is 15.5 Å². The van der Waals surface area contributed by atoms with Crippen LogP contribution in [0.2, 0.25) is 5.15 Å². The molecule has 9 heteroatoms. The van der Waals surface area contributed by atoms with Crippen LogP contribution < -0.4 is 10.5 Å². The van der Waals surface area contributed by atoms with Gasteiger partial charge in [-0.25, -0.2) is 13.6 Å². The molecule has 1 heterocycles. The minimum Gasteiger partial charge on any atom is -0.350 e. The van der Waals surface area contributed by atoms with Gasteiger partial charge in [0, 0.05) is 6.54 Å². The lowest BCUT2D eigenvalue weighted by Gasteiger charge is -2.05. The Morgan fingerprint density at radius 1 is 1.14 bits per heavy atom. The van der Waals surface area contributed by atoms with Crippen LogP contribution in [0.5, 0.6) is 0 Å². The van der Waals surface area contributed by atoms with Gasteiger partial charge < -0.3 is 5.32 Å². The molecule has 116 valence electrons. The lowest BCUT2D eigenvalue weighted by molar-refractivity contribution is 0.0948. The van der Waals surface area contributed by atoms with Gasteiger partial charge in [0.15, 0.2) is 10.8 Å². The second-order valence-electron chi connectivity index (χ2n) is 4.44. The van der Waals surface area contributed by atoms with Gasteiger partial charge in [-0.3, -0.25) is 4.79 Å². The number of carbonyl (C=O) groups is 1. The molecule has 0 fully saturated rings. The first kappa shape index (κ1) is 16.3. The molecule has 0 saturated heterocycles. The molecule has 3 N–H and O–H groups in total. The molecule has 1 amide bonds. The summed E-state index contributed by atoms with van der Waals surface area (Å²) in [6.45, 7) is 0.373. The number of benzene rings is 1. The average molecular weight is 341 g/mol. The fourth-order valence-corrected chi connectivity index (χ4v) is 2.31. The van der Waals surface area contributed by atoms with Crippen molar-refractivity contribution in [3.05, 3.63) is 52.8 Å². The van der Waals surface area contributed by atoms with E-state index in [4.69, 9.17) is 16.7 Å². The van der Waals surface area contributed by atoms with Gasteiger partial charge >= 0.3 is 0 Å². The van der Waals surface area contributed by atoms with Crippen LogP contribution in [0.4, 0.5) is 0 Å². The Kier molecular flexibility index (Phi) is 5.07. The molecule has 2 rings (SSSR count). The van der Waals surface area contributed by atoms with E-state index < -0.39 is 10.0 Å². The SMILES string of the molecule is NS(=O)(=O)c1ccc(CCNC(=O)c2ccc(Cl)nn2)cc1. The average Bonchev–Trinajstić information content (AvgIpc) is 2.47. The largest absolute Gasteiger partial charge is 0.350 e. The second kappa shape index (κ2) is 6.82. The number of rotatable bonds is 5. The number of hydrogen-bond donors (Lipinski definition) is 2. The Balaban J connectivity index is 1.88. The van der Waals surface area contributed by atoms with Crippen LogP contribution in [-0.2, 0) is 16.4 Å². The molecule has 0 bridgehead atoms. The van der Waals surface area contributed by atoms with Crippen molar-refractivity contribution in [2.24, 2.45) is 5.14 Å². The summed E-state index contributed by atoms with van der Waals surface area (Å²) in [6.07, 6.45) is 0.539. The number of nitrogens with two attached hydrogens (primary N) is 1. The van der Waals surface area contributed by atoms with Crippen molar-refractivity contribution in [2.75, 3.05) is 6.54 Å². The standard InChI is InChI=1S/C13H13ClN4O3S/c14-12-6-5-11(17-18-12)13(19)16-8-7-9-1-3-10(4-2-9)22(15,20)21/h1-6H,7-8H2,(H,16,19)(H2,15,20,21). The lowest BCUT2D eigenvalue weighted by atomic mass is 10.1. The van der Waals surface area contributed by atoms with E-state index in [1.165, 1.54) is 24.3 Å². The highest BCUT2D eigenvalue weighted by molar-refractivity contribution is 7.89. The zero-order chi connectivity index (χ0) is 16.2. The van der Waals surface area contributed by atoms with Gasteiger partial charge in [0.1, 0.15) is 0 Å². The fourth-order valence-electron chi connectivity index (χ4n) is 1.69. The molecule has 1 aromatic carbocycles. The normalized spacial score (nSPS) is 11.2. The summed E-state index contributed by atoms with van der Waals surface area (Å²) in [4.78, 5) is 11.8. The highest BCUT2D eigenvalue weighted by Gasteiger charge is 2.08. The lowest BCUT2D eigenvalue weighted by Crippen LogP contribution is -2.26. The predicted octanol–water partition coefficient (Wildman–Crippen LogP) is 0.750.